The average molecular weight is 253 g/mol. The van der Waals surface area contributed by atoms with Crippen molar-refractivity contribution in [3.63, 3.8) is 0 Å². The van der Waals surface area contributed by atoms with Gasteiger partial charge in [-0.05, 0) is 25.7 Å². The molecule has 0 radical (unpaired) electrons. The standard InChI is InChI=1S/C14H27NOSi/c1-17-14(10-6-3-7-11-14)13(15-16)12-8-4-2-5-9-12/h12,16H,2-11,17H2,1H3. The summed E-state index contributed by atoms with van der Waals surface area (Å²) in [7, 11) is -0.133. The predicted molar refractivity (Wildman–Crippen MR) is 76.0 cm³/mol. The van der Waals surface area contributed by atoms with Gasteiger partial charge in [-0.1, -0.05) is 50.2 Å². The van der Waals surface area contributed by atoms with Gasteiger partial charge in [-0.3, -0.25) is 0 Å². The van der Waals surface area contributed by atoms with Crippen molar-refractivity contribution in [2.24, 2.45) is 11.1 Å². The van der Waals surface area contributed by atoms with Crippen molar-refractivity contribution < 1.29 is 5.21 Å². The molecule has 3 heteroatoms. The molecule has 0 aromatic heterocycles. The highest BCUT2D eigenvalue weighted by atomic mass is 28.2. The summed E-state index contributed by atoms with van der Waals surface area (Å²) in [6.45, 7) is 2.42. The molecule has 98 valence electrons. The molecule has 0 bridgehead atoms. The van der Waals surface area contributed by atoms with E-state index in [0.717, 1.165) is 0 Å². The second-order valence-corrected chi connectivity index (χ2v) is 8.08. The van der Waals surface area contributed by atoms with Crippen LogP contribution >= 0.6 is 0 Å². The zero-order chi connectivity index (χ0) is 12.1. The van der Waals surface area contributed by atoms with Crippen molar-refractivity contribution >= 4 is 15.2 Å². The van der Waals surface area contributed by atoms with Gasteiger partial charge in [0.25, 0.3) is 0 Å². The van der Waals surface area contributed by atoms with E-state index in [1.54, 1.807) is 0 Å². The summed E-state index contributed by atoms with van der Waals surface area (Å²) in [5.41, 5.74) is 1.23. The maximum Gasteiger partial charge on any atom is 0.0629 e. The van der Waals surface area contributed by atoms with Crippen LogP contribution in [-0.4, -0.2) is 20.4 Å². The molecule has 0 aliphatic heterocycles. The lowest BCUT2D eigenvalue weighted by Crippen LogP contribution is -2.36. The zero-order valence-corrected chi connectivity index (χ0v) is 12.7. The number of oxime groups is 1. The number of rotatable bonds is 3. The fraction of sp³-hybridized carbons (Fsp3) is 0.929. The molecule has 2 aliphatic rings. The monoisotopic (exact) mass is 253 g/mol. The molecule has 0 amide bonds. The van der Waals surface area contributed by atoms with Crippen molar-refractivity contribution in [1.82, 2.24) is 0 Å². The lowest BCUT2D eigenvalue weighted by molar-refractivity contribution is 0.297. The summed E-state index contributed by atoms with van der Waals surface area (Å²) in [6, 6.07) is 0. The molecule has 0 spiro atoms. The lowest BCUT2D eigenvalue weighted by Gasteiger charge is -2.40. The topological polar surface area (TPSA) is 32.6 Å². The van der Waals surface area contributed by atoms with E-state index in [9.17, 15) is 5.21 Å². The van der Waals surface area contributed by atoms with Crippen molar-refractivity contribution in [3.05, 3.63) is 0 Å². The first-order valence-electron chi connectivity index (χ1n) is 7.55. The normalized spacial score (nSPS) is 27.7. The largest absolute Gasteiger partial charge is 0.411 e. The van der Waals surface area contributed by atoms with E-state index in [1.165, 1.54) is 69.9 Å². The van der Waals surface area contributed by atoms with E-state index in [1.807, 2.05) is 0 Å². The molecule has 2 nitrogen and oxygen atoms in total. The van der Waals surface area contributed by atoms with Crippen LogP contribution in [0.1, 0.15) is 64.2 Å². The average Bonchev–Trinajstić information content (AvgIpc) is 2.42. The molecule has 2 rings (SSSR count). The first kappa shape index (κ1) is 13.1. The maximum atomic E-state index is 9.54. The van der Waals surface area contributed by atoms with E-state index in [0.29, 0.717) is 11.0 Å². The Bertz CT molecular complexity index is 265. The Hall–Kier alpha value is -0.313. The highest BCUT2D eigenvalue weighted by molar-refractivity contribution is 6.46. The first-order valence-corrected chi connectivity index (χ1v) is 9.67. The first-order chi connectivity index (χ1) is 8.32. The van der Waals surface area contributed by atoms with E-state index in [4.69, 9.17) is 0 Å². The van der Waals surface area contributed by atoms with Gasteiger partial charge in [0.2, 0.25) is 0 Å². The summed E-state index contributed by atoms with van der Waals surface area (Å²) < 4.78 is 0. The van der Waals surface area contributed by atoms with Gasteiger partial charge >= 0.3 is 0 Å². The summed E-state index contributed by atoms with van der Waals surface area (Å²) >= 11 is 0. The Balaban J connectivity index is 2.14. The fourth-order valence-electron chi connectivity index (χ4n) is 4.02. The maximum absolute atomic E-state index is 9.54. The highest BCUT2D eigenvalue weighted by Crippen LogP contribution is 2.47. The molecule has 17 heavy (non-hydrogen) atoms. The molecule has 0 atom stereocenters. The molecule has 2 fully saturated rings. The Morgan fingerprint density at radius 2 is 1.65 bits per heavy atom. The van der Waals surface area contributed by atoms with Gasteiger partial charge in [0.05, 0.1) is 5.71 Å². The third kappa shape index (κ3) is 2.75. The van der Waals surface area contributed by atoms with E-state index in [-0.39, 0.29) is 9.52 Å². The zero-order valence-electron chi connectivity index (χ0n) is 11.2. The minimum atomic E-state index is -0.133. The Kier molecular flexibility index (Phi) is 4.66. The van der Waals surface area contributed by atoms with E-state index in [2.05, 4.69) is 11.7 Å². The molecule has 0 unspecified atom stereocenters. The number of hydrogen-bond donors (Lipinski definition) is 1. The van der Waals surface area contributed by atoms with E-state index < -0.39 is 0 Å². The SMILES string of the molecule is C[SiH2]C1(C(=NO)C2CCCCC2)CCCCC1. The molecule has 0 heterocycles. The van der Waals surface area contributed by atoms with Gasteiger partial charge in [0, 0.05) is 20.5 Å². The number of nitrogens with zero attached hydrogens (tertiary/aromatic N) is 1. The predicted octanol–water partition coefficient (Wildman–Crippen LogP) is 3.74. The summed E-state index contributed by atoms with van der Waals surface area (Å²) in [5, 5.41) is 13.8. The minimum Gasteiger partial charge on any atom is -0.411 e. The van der Waals surface area contributed by atoms with Crippen LogP contribution < -0.4 is 0 Å². The van der Waals surface area contributed by atoms with Crippen LogP contribution in [0, 0.1) is 5.92 Å². The third-order valence-electron chi connectivity index (χ3n) is 5.13. The number of hydrogen-bond acceptors (Lipinski definition) is 2. The second-order valence-electron chi connectivity index (χ2n) is 6.01. The van der Waals surface area contributed by atoms with Gasteiger partial charge in [-0.25, -0.2) is 0 Å². The summed E-state index contributed by atoms with van der Waals surface area (Å²) in [6.07, 6.45) is 13.3. The third-order valence-corrected chi connectivity index (χ3v) is 7.55. The van der Waals surface area contributed by atoms with Crippen molar-refractivity contribution in [1.29, 1.82) is 0 Å². The van der Waals surface area contributed by atoms with Crippen LogP contribution in [0.5, 0.6) is 0 Å². The summed E-state index contributed by atoms with van der Waals surface area (Å²) in [4.78, 5) is 0. The lowest BCUT2D eigenvalue weighted by atomic mass is 9.75. The molecule has 1 N–H and O–H groups in total. The fourth-order valence-corrected chi connectivity index (χ4v) is 5.94. The Morgan fingerprint density at radius 3 is 2.18 bits per heavy atom. The highest BCUT2D eigenvalue weighted by Gasteiger charge is 2.39. The molecular weight excluding hydrogens is 226 g/mol. The van der Waals surface area contributed by atoms with Crippen molar-refractivity contribution in [2.75, 3.05) is 0 Å². The van der Waals surface area contributed by atoms with Gasteiger partial charge < -0.3 is 5.21 Å². The molecule has 0 saturated heterocycles. The van der Waals surface area contributed by atoms with Crippen LogP contribution in [0.4, 0.5) is 0 Å². The minimum absolute atomic E-state index is 0.133. The van der Waals surface area contributed by atoms with Gasteiger partial charge in [0.15, 0.2) is 0 Å². The molecule has 0 aromatic rings. The quantitative estimate of drug-likeness (QED) is 0.353. The van der Waals surface area contributed by atoms with Crippen LogP contribution in [0.15, 0.2) is 5.16 Å². The second kappa shape index (κ2) is 6.03. The molecule has 0 aromatic carbocycles. The van der Waals surface area contributed by atoms with Gasteiger partial charge in [-0.2, -0.15) is 0 Å². The van der Waals surface area contributed by atoms with Crippen LogP contribution in [0.3, 0.4) is 0 Å². The Morgan fingerprint density at radius 1 is 1.06 bits per heavy atom. The molecule has 2 aliphatic carbocycles. The van der Waals surface area contributed by atoms with Gasteiger partial charge in [-0.15, -0.1) is 0 Å². The van der Waals surface area contributed by atoms with Crippen molar-refractivity contribution in [3.8, 4) is 0 Å². The van der Waals surface area contributed by atoms with Crippen LogP contribution in [-0.2, 0) is 0 Å². The van der Waals surface area contributed by atoms with E-state index >= 15 is 0 Å². The summed E-state index contributed by atoms with van der Waals surface area (Å²) in [5.74, 6) is 0.610. The molecular formula is C14H27NOSi. The smallest absolute Gasteiger partial charge is 0.0629 e. The van der Waals surface area contributed by atoms with Crippen LogP contribution in [0.2, 0.25) is 11.6 Å². The van der Waals surface area contributed by atoms with Gasteiger partial charge in [0.1, 0.15) is 0 Å². The Labute approximate surface area is 108 Å². The van der Waals surface area contributed by atoms with Crippen LogP contribution in [0.25, 0.3) is 0 Å². The molecule has 2 saturated carbocycles. The van der Waals surface area contributed by atoms with Crippen molar-refractivity contribution in [2.45, 2.75) is 75.8 Å².